The number of nitrogens with one attached hydrogen (secondary N) is 3. The Morgan fingerprint density at radius 1 is 1.15 bits per heavy atom. The summed E-state index contributed by atoms with van der Waals surface area (Å²) in [6.45, 7) is 4.66. The first kappa shape index (κ1) is 21.6. The first-order valence-electron chi connectivity index (χ1n) is 7.99. The zero-order valence-electron chi connectivity index (χ0n) is 14.9. The van der Waals surface area contributed by atoms with Gasteiger partial charge in [-0.25, -0.2) is 13.2 Å². The second-order valence-electron chi connectivity index (χ2n) is 5.57. The van der Waals surface area contributed by atoms with Crippen LogP contribution in [0.5, 0.6) is 0 Å². The highest BCUT2D eigenvalue weighted by molar-refractivity contribution is 7.89. The lowest BCUT2D eigenvalue weighted by atomic mass is 10.2. The highest BCUT2D eigenvalue weighted by Gasteiger charge is 2.23. The summed E-state index contributed by atoms with van der Waals surface area (Å²) < 4.78 is 31.3. The number of carbonyl (C=O) groups excluding carboxylic acids is 3. The number of ether oxygens (including phenoxy) is 1. The van der Waals surface area contributed by atoms with Crippen molar-refractivity contribution in [1.29, 1.82) is 0 Å². The van der Waals surface area contributed by atoms with Crippen molar-refractivity contribution in [2.75, 3.05) is 13.2 Å². The van der Waals surface area contributed by atoms with Crippen LogP contribution in [-0.2, 0) is 24.3 Å². The molecule has 144 valence electrons. The second-order valence-corrected chi connectivity index (χ2v) is 7.28. The fraction of sp³-hybridized carbons (Fsp3) is 0.438. The number of amides is 3. The molecule has 1 rings (SSSR count). The molecule has 1 atom stereocenters. The molecule has 3 amide bonds. The molecule has 0 aliphatic carbocycles. The van der Waals surface area contributed by atoms with E-state index in [2.05, 4.69) is 10.0 Å². The molecule has 0 aliphatic rings. The normalized spacial score (nSPS) is 12.1. The Balaban J connectivity index is 2.50. The van der Waals surface area contributed by atoms with Gasteiger partial charge >= 0.3 is 12.0 Å². The number of hydrogen-bond donors (Lipinski definition) is 3. The lowest BCUT2D eigenvalue weighted by Crippen LogP contribution is -2.43. The Morgan fingerprint density at radius 3 is 2.35 bits per heavy atom. The standard InChI is InChI=1S/C16H23N3O6S/c1-4-9-17-16(22)18-14(20)10-25-15(21)12(3)19-26(23,24)13-7-5-11(2)6-8-13/h5-8,12,19H,4,9-10H2,1-3H3,(H2,17,18,20,22)/t12-/m0/s1. The molecular weight excluding hydrogens is 362 g/mol. The van der Waals surface area contributed by atoms with Gasteiger partial charge in [0.15, 0.2) is 6.61 Å². The van der Waals surface area contributed by atoms with Crippen molar-refractivity contribution in [1.82, 2.24) is 15.4 Å². The summed E-state index contributed by atoms with van der Waals surface area (Å²) in [5.41, 5.74) is 0.894. The van der Waals surface area contributed by atoms with E-state index in [1.54, 1.807) is 12.1 Å². The van der Waals surface area contributed by atoms with Gasteiger partial charge in [-0.05, 0) is 32.4 Å². The van der Waals surface area contributed by atoms with E-state index < -0.39 is 40.6 Å². The summed E-state index contributed by atoms with van der Waals surface area (Å²) in [6, 6.07) is 4.19. The molecule has 0 aliphatic heterocycles. The van der Waals surface area contributed by atoms with Gasteiger partial charge in [-0.15, -0.1) is 0 Å². The van der Waals surface area contributed by atoms with Gasteiger partial charge in [-0.1, -0.05) is 24.6 Å². The predicted molar refractivity (Wildman–Crippen MR) is 93.8 cm³/mol. The van der Waals surface area contributed by atoms with Crippen molar-refractivity contribution < 1.29 is 27.5 Å². The molecule has 0 fully saturated rings. The van der Waals surface area contributed by atoms with Crippen LogP contribution in [0.2, 0.25) is 0 Å². The molecule has 0 unspecified atom stereocenters. The van der Waals surface area contributed by atoms with E-state index >= 15 is 0 Å². The molecule has 0 radical (unpaired) electrons. The Morgan fingerprint density at radius 2 is 1.77 bits per heavy atom. The summed E-state index contributed by atoms with van der Waals surface area (Å²) in [5, 5.41) is 4.41. The molecule has 1 aromatic rings. The maximum atomic E-state index is 12.2. The van der Waals surface area contributed by atoms with Crippen LogP contribution in [0.1, 0.15) is 25.8 Å². The van der Waals surface area contributed by atoms with E-state index in [0.717, 1.165) is 5.56 Å². The number of carbonyl (C=O) groups is 3. The fourth-order valence-electron chi connectivity index (χ4n) is 1.77. The van der Waals surface area contributed by atoms with E-state index in [4.69, 9.17) is 4.74 Å². The zero-order valence-corrected chi connectivity index (χ0v) is 15.7. The molecule has 0 aromatic heterocycles. The first-order valence-corrected chi connectivity index (χ1v) is 9.47. The average Bonchev–Trinajstić information content (AvgIpc) is 2.57. The third-order valence-electron chi connectivity index (χ3n) is 3.15. The van der Waals surface area contributed by atoms with E-state index in [0.29, 0.717) is 13.0 Å². The summed E-state index contributed by atoms with van der Waals surface area (Å²) in [5.74, 6) is -1.76. The van der Waals surface area contributed by atoms with Gasteiger partial charge in [0.1, 0.15) is 6.04 Å². The van der Waals surface area contributed by atoms with Gasteiger partial charge in [0.05, 0.1) is 4.90 Å². The Hall–Kier alpha value is -2.46. The van der Waals surface area contributed by atoms with Crippen LogP contribution in [0.3, 0.4) is 0 Å². The molecule has 0 bridgehead atoms. The van der Waals surface area contributed by atoms with Gasteiger partial charge in [0.2, 0.25) is 10.0 Å². The minimum absolute atomic E-state index is 0.00749. The smallest absolute Gasteiger partial charge is 0.324 e. The van der Waals surface area contributed by atoms with Gasteiger partial charge < -0.3 is 10.1 Å². The quantitative estimate of drug-likeness (QED) is 0.557. The number of hydrogen-bond acceptors (Lipinski definition) is 6. The van der Waals surface area contributed by atoms with Crippen LogP contribution in [-0.4, -0.2) is 45.5 Å². The molecule has 9 nitrogen and oxygen atoms in total. The van der Waals surface area contributed by atoms with Gasteiger partial charge in [0, 0.05) is 6.54 Å². The molecule has 0 heterocycles. The van der Waals surface area contributed by atoms with E-state index in [9.17, 15) is 22.8 Å². The molecule has 1 aromatic carbocycles. The summed E-state index contributed by atoms with van der Waals surface area (Å²) in [6.07, 6.45) is 0.704. The highest BCUT2D eigenvalue weighted by atomic mass is 32.2. The lowest BCUT2D eigenvalue weighted by molar-refractivity contribution is -0.149. The van der Waals surface area contributed by atoms with Crippen LogP contribution in [0.25, 0.3) is 0 Å². The van der Waals surface area contributed by atoms with Crippen molar-refractivity contribution in [2.45, 2.75) is 38.1 Å². The second kappa shape index (κ2) is 9.88. The van der Waals surface area contributed by atoms with Crippen molar-refractivity contribution in [2.24, 2.45) is 0 Å². The Labute approximate surface area is 152 Å². The van der Waals surface area contributed by atoms with Crippen LogP contribution in [0.4, 0.5) is 4.79 Å². The van der Waals surface area contributed by atoms with Crippen LogP contribution < -0.4 is 15.4 Å². The van der Waals surface area contributed by atoms with Gasteiger partial charge in [-0.2, -0.15) is 4.72 Å². The molecule has 10 heteroatoms. The summed E-state index contributed by atoms with van der Waals surface area (Å²) in [7, 11) is -3.90. The van der Waals surface area contributed by atoms with Crippen LogP contribution >= 0.6 is 0 Å². The van der Waals surface area contributed by atoms with Crippen molar-refractivity contribution in [3.05, 3.63) is 29.8 Å². The van der Waals surface area contributed by atoms with E-state index in [1.807, 2.05) is 19.2 Å². The molecule has 0 saturated carbocycles. The molecule has 3 N–H and O–H groups in total. The number of sulfonamides is 1. The fourth-order valence-corrected chi connectivity index (χ4v) is 2.97. The maximum absolute atomic E-state index is 12.2. The summed E-state index contributed by atoms with van der Waals surface area (Å²) in [4.78, 5) is 34.6. The minimum atomic E-state index is -3.90. The maximum Gasteiger partial charge on any atom is 0.324 e. The van der Waals surface area contributed by atoms with E-state index in [-0.39, 0.29) is 4.90 Å². The van der Waals surface area contributed by atoms with Crippen LogP contribution in [0.15, 0.2) is 29.2 Å². The number of benzene rings is 1. The Bertz CT molecular complexity index is 746. The number of urea groups is 1. The van der Waals surface area contributed by atoms with Crippen molar-refractivity contribution in [3.63, 3.8) is 0 Å². The first-order chi connectivity index (χ1) is 12.2. The topological polar surface area (TPSA) is 131 Å². The third-order valence-corrected chi connectivity index (χ3v) is 4.71. The van der Waals surface area contributed by atoms with Gasteiger partial charge in [-0.3, -0.25) is 14.9 Å². The highest BCUT2D eigenvalue weighted by Crippen LogP contribution is 2.10. The number of esters is 1. The zero-order chi connectivity index (χ0) is 19.7. The molecule has 0 spiro atoms. The van der Waals surface area contributed by atoms with E-state index in [1.165, 1.54) is 19.1 Å². The minimum Gasteiger partial charge on any atom is -0.454 e. The van der Waals surface area contributed by atoms with Crippen molar-refractivity contribution >= 4 is 27.9 Å². The predicted octanol–water partition coefficient (Wildman–Crippen LogP) is 0.441. The number of imide groups is 1. The largest absolute Gasteiger partial charge is 0.454 e. The Kier molecular flexibility index (Phi) is 8.20. The molecular formula is C16H23N3O6S. The number of aryl methyl sites for hydroxylation is 1. The molecule has 0 saturated heterocycles. The monoisotopic (exact) mass is 385 g/mol. The third kappa shape index (κ3) is 7.19. The van der Waals surface area contributed by atoms with Crippen molar-refractivity contribution in [3.8, 4) is 0 Å². The lowest BCUT2D eigenvalue weighted by Gasteiger charge is -2.14. The van der Waals surface area contributed by atoms with Gasteiger partial charge in [0.25, 0.3) is 5.91 Å². The average molecular weight is 385 g/mol. The SMILES string of the molecule is CCCNC(=O)NC(=O)COC(=O)[C@H](C)NS(=O)(=O)c1ccc(C)cc1. The number of rotatable bonds is 8. The summed E-state index contributed by atoms with van der Waals surface area (Å²) >= 11 is 0. The molecule has 26 heavy (non-hydrogen) atoms. The van der Waals surface area contributed by atoms with Crippen LogP contribution in [0, 0.1) is 6.92 Å².